The minimum Gasteiger partial charge on any atom is -0.360 e. The van der Waals surface area contributed by atoms with Crippen LogP contribution in [0.2, 0.25) is 0 Å². The van der Waals surface area contributed by atoms with E-state index >= 15 is 0 Å². The maximum absolute atomic E-state index is 14.0. The minimum absolute atomic E-state index is 0.0908. The summed E-state index contributed by atoms with van der Waals surface area (Å²) in [6.45, 7) is 1.48. The molecule has 4 heterocycles. The molecular weight excluding hydrogens is 498 g/mol. The van der Waals surface area contributed by atoms with E-state index in [4.69, 9.17) is 0 Å². The number of nitrogens with zero attached hydrogens (tertiary/aromatic N) is 3. The second-order valence-corrected chi connectivity index (χ2v) is 11.5. The first kappa shape index (κ1) is 22.7. The highest BCUT2D eigenvalue weighted by Gasteiger charge is 2.48. The van der Waals surface area contributed by atoms with E-state index in [0.29, 0.717) is 12.5 Å². The molecule has 4 nitrogen and oxygen atoms in total. The molecule has 1 aliphatic carbocycles. The summed E-state index contributed by atoms with van der Waals surface area (Å²) in [4.78, 5) is 23.2. The van der Waals surface area contributed by atoms with Gasteiger partial charge in [0.1, 0.15) is 0 Å². The lowest BCUT2D eigenvalue weighted by Crippen LogP contribution is -2.43. The minimum atomic E-state index is 0.0908. The summed E-state index contributed by atoms with van der Waals surface area (Å²) < 4.78 is 0. The van der Waals surface area contributed by atoms with Gasteiger partial charge in [-0.25, -0.2) is 0 Å². The van der Waals surface area contributed by atoms with Gasteiger partial charge in [-0.05, 0) is 61.0 Å². The van der Waals surface area contributed by atoms with Crippen molar-refractivity contribution < 1.29 is 4.79 Å². The lowest BCUT2D eigenvalue weighted by molar-refractivity contribution is -0.115. The zero-order valence-corrected chi connectivity index (χ0v) is 22.2. The number of anilines is 4. The van der Waals surface area contributed by atoms with Crippen molar-refractivity contribution in [2.24, 2.45) is 5.92 Å². The number of amides is 1. The Bertz CT molecular complexity index is 1620. The van der Waals surface area contributed by atoms with Crippen molar-refractivity contribution in [2.75, 3.05) is 22.9 Å². The fourth-order valence-corrected chi connectivity index (χ4v) is 7.64. The molecule has 0 radical (unpaired) electrons. The second-order valence-electron chi connectivity index (χ2n) is 10.5. The maximum Gasteiger partial charge on any atom is 0.257 e. The topological polar surface area (TPSA) is 26.8 Å². The Kier molecular flexibility index (Phi) is 5.20. The zero-order valence-electron chi connectivity index (χ0n) is 21.4. The molecule has 39 heavy (non-hydrogen) atoms. The maximum atomic E-state index is 14.0. The number of hydrogen-bond acceptors (Lipinski definition) is 4. The number of allylic oxidation sites excluding steroid dienone is 5. The fraction of sp³-hybridized carbons (Fsp3) is 0.147. The first-order chi connectivity index (χ1) is 19.3. The molecule has 3 aromatic rings. The highest BCUT2D eigenvalue weighted by Crippen LogP contribution is 2.51. The molecule has 0 saturated heterocycles. The molecule has 3 aromatic carbocycles. The Balaban J connectivity index is 1.13. The van der Waals surface area contributed by atoms with Gasteiger partial charge >= 0.3 is 0 Å². The van der Waals surface area contributed by atoms with Crippen molar-refractivity contribution in [3.63, 3.8) is 0 Å². The summed E-state index contributed by atoms with van der Waals surface area (Å²) in [6, 6.07) is 25.7. The van der Waals surface area contributed by atoms with Crippen LogP contribution < -0.4 is 9.80 Å². The van der Waals surface area contributed by atoms with E-state index < -0.39 is 0 Å². The predicted octanol–water partition coefficient (Wildman–Crippen LogP) is 7.53. The van der Waals surface area contributed by atoms with Gasteiger partial charge in [0.05, 0.1) is 24.0 Å². The van der Waals surface area contributed by atoms with E-state index in [-0.39, 0.29) is 11.9 Å². The zero-order chi connectivity index (χ0) is 25.9. The smallest absolute Gasteiger partial charge is 0.257 e. The number of rotatable bonds is 3. The molecule has 8 rings (SSSR count). The molecule has 0 saturated carbocycles. The third kappa shape index (κ3) is 3.50. The van der Waals surface area contributed by atoms with Gasteiger partial charge in [0.25, 0.3) is 5.91 Å². The molecule has 1 amide bonds. The Labute approximate surface area is 232 Å². The van der Waals surface area contributed by atoms with Crippen LogP contribution in [0.1, 0.15) is 6.42 Å². The van der Waals surface area contributed by atoms with Gasteiger partial charge in [-0.2, -0.15) is 0 Å². The van der Waals surface area contributed by atoms with E-state index in [0.717, 1.165) is 29.9 Å². The number of carbonyl (C=O) groups excluding carboxylic acids is 1. The lowest BCUT2D eigenvalue weighted by atomic mass is 9.87. The average Bonchev–Trinajstić information content (AvgIpc) is 3.50. The highest BCUT2D eigenvalue weighted by molar-refractivity contribution is 7.99. The Hall–Kier alpha value is -4.22. The molecular formula is C34H27N3OS. The van der Waals surface area contributed by atoms with E-state index in [9.17, 15) is 4.79 Å². The van der Waals surface area contributed by atoms with Gasteiger partial charge in [-0.3, -0.25) is 4.79 Å². The van der Waals surface area contributed by atoms with Crippen LogP contribution in [-0.4, -0.2) is 29.9 Å². The average molecular weight is 526 g/mol. The third-order valence-corrected chi connectivity index (χ3v) is 9.46. The molecule has 0 aromatic heterocycles. The van der Waals surface area contributed by atoms with Gasteiger partial charge in [0.2, 0.25) is 0 Å². The Morgan fingerprint density at radius 2 is 1.49 bits per heavy atom. The Morgan fingerprint density at radius 3 is 2.21 bits per heavy atom. The van der Waals surface area contributed by atoms with Crippen LogP contribution in [0.15, 0.2) is 142 Å². The standard InChI is InChI=1S/C34H27N3OS/c38-34-32-26(27-12-8-9-21-35(27)33(32)23-10-2-1-3-11-23)22-36(34)24-17-19-25(20-18-24)37-28-13-4-6-15-30(28)39-31-16-7-5-14-29(31)37/h1-10,12-20,23,33H,11,21-22H2. The van der Waals surface area contributed by atoms with Crippen molar-refractivity contribution in [3.8, 4) is 0 Å². The molecule has 5 heteroatoms. The van der Waals surface area contributed by atoms with Crippen LogP contribution >= 0.6 is 11.8 Å². The van der Waals surface area contributed by atoms with Crippen molar-refractivity contribution in [1.29, 1.82) is 0 Å². The summed E-state index contributed by atoms with van der Waals surface area (Å²) >= 11 is 1.81. The fourth-order valence-electron chi connectivity index (χ4n) is 6.59. The van der Waals surface area contributed by atoms with Gasteiger partial charge in [0, 0.05) is 50.5 Å². The summed E-state index contributed by atoms with van der Waals surface area (Å²) in [5.74, 6) is 0.451. The number of benzene rings is 3. The first-order valence-electron chi connectivity index (χ1n) is 13.6. The summed E-state index contributed by atoms with van der Waals surface area (Å²) in [6.07, 6.45) is 16.2. The number of para-hydroxylation sites is 2. The predicted molar refractivity (Wildman–Crippen MR) is 159 cm³/mol. The van der Waals surface area contributed by atoms with E-state index in [1.807, 2.05) is 16.7 Å². The van der Waals surface area contributed by atoms with Crippen molar-refractivity contribution in [2.45, 2.75) is 22.3 Å². The molecule has 0 fully saturated rings. The van der Waals surface area contributed by atoms with Gasteiger partial charge in [0.15, 0.2) is 0 Å². The number of fused-ring (bicyclic) bond motifs is 4. The molecule has 2 unspecified atom stereocenters. The first-order valence-corrected chi connectivity index (χ1v) is 14.4. The van der Waals surface area contributed by atoms with Crippen LogP contribution in [-0.2, 0) is 4.79 Å². The van der Waals surface area contributed by atoms with Gasteiger partial charge in [-0.1, -0.05) is 72.5 Å². The molecule has 4 aliphatic heterocycles. The van der Waals surface area contributed by atoms with Crippen LogP contribution in [0, 0.1) is 5.92 Å². The lowest BCUT2D eigenvalue weighted by Gasteiger charge is -2.36. The summed E-state index contributed by atoms with van der Waals surface area (Å²) in [5.41, 5.74) is 7.79. The number of carbonyl (C=O) groups is 1. The third-order valence-electron chi connectivity index (χ3n) is 8.33. The van der Waals surface area contributed by atoms with Crippen molar-refractivity contribution in [1.82, 2.24) is 4.90 Å². The second kappa shape index (κ2) is 8.92. The van der Waals surface area contributed by atoms with Gasteiger partial charge in [-0.15, -0.1) is 0 Å². The van der Waals surface area contributed by atoms with Crippen LogP contribution in [0.5, 0.6) is 0 Å². The van der Waals surface area contributed by atoms with Crippen molar-refractivity contribution >= 4 is 40.4 Å². The highest BCUT2D eigenvalue weighted by atomic mass is 32.2. The largest absolute Gasteiger partial charge is 0.360 e. The molecule has 2 atom stereocenters. The van der Waals surface area contributed by atoms with Crippen LogP contribution in [0.25, 0.3) is 0 Å². The Morgan fingerprint density at radius 1 is 0.769 bits per heavy atom. The number of hydrogen-bond donors (Lipinski definition) is 0. The molecule has 190 valence electrons. The van der Waals surface area contributed by atoms with E-state index in [1.165, 1.54) is 32.4 Å². The normalized spacial score (nSPS) is 22.6. The van der Waals surface area contributed by atoms with Crippen molar-refractivity contribution in [3.05, 3.63) is 132 Å². The molecule has 0 N–H and O–H groups in total. The monoisotopic (exact) mass is 525 g/mol. The summed E-state index contributed by atoms with van der Waals surface area (Å²) in [5, 5.41) is 0. The van der Waals surface area contributed by atoms with Crippen LogP contribution in [0.3, 0.4) is 0 Å². The quantitative estimate of drug-likeness (QED) is 0.276. The van der Waals surface area contributed by atoms with Crippen LogP contribution in [0.4, 0.5) is 22.7 Å². The summed E-state index contributed by atoms with van der Waals surface area (Å²) in [7, 11) is 0. The molecule has 5 aliphatic rings. The SMILES string of the molecule is O=C1C2=C(CN1c1ccc(N3c4ccccc4Sc4ccccc43)cc1)C1=CC=CCN1C2C1C=CC=CC1. The van der Waals surface area contributed by atoms with Gasteiger partial charge < -0.3 is 14.7 Å². The van der Waals surface area contributed by atoms with E-state index in [2.05, 4.69) is 125 Å². The molecule has 0 spiro atoms. The molecule has 0 bridgehead atoms. The van der Waals surface area contributed by atoms with E-state index in [1.54, 1.807) is 0 Å².